The van der Waals surface area contributed by atoms with Crippen LogP contribution in [0, 0.1) is 25.2 Å². The molecule has 0 saturated heterocycles. The zero-order chi connectivity index (χ0) is 19.1. The van der Waals surface area contributed by atoms with Crippen molar-refractivity contribution in [2.75, 3.05) is 18.1 Å². The number of esters is 1. The van der Waals surface area contributed by atoms with Crippen molar-refractivity contribution in [1.29, 1.82) is 5.26 Å². The molecule has 0 atom stereocenters. The van der Waals surface area contributed by atoms with E-state index in [0.29, 0.717) is 5.69 Å². The fourth-order valence-corrected chi connectivity index (χ4v) is 2.38. The lowest BCUT2D eigenvalue weighted by Crippen LogP contribution is -2.35. The van der Waals surface area contributed by atoms with E-state index in [1.165, 1.54) is 17.0 Å². The number of hydrogen-bond donors (Lipinski definition) is 1. The van der Waals surface area contributed by atoms with Gasteiger partial charge in [0.15, 0.2) is 6.61 Å². The van der Waals surface area contributed by atoms with Crippen molar-refractivity contribution in [3.8, 4) is 11.8 Å². The monoisotopic (exact) mass is 352 g/mol. The van der Waals surface area contributed by atoms with Crippen LogP contribution in [0.4, 0.5) is 5.69 Å². The third-order valence-corrected chi connectivity index (χ3v) is 3.79. The quantitative estimate of drug-likeness (QED) is 0.807. The molecule has 26 heavy (non-hydrogen) atoms. The summed E-state index contributed by atoms with van der Waals surface area (Å²) in [6, 6.07) is 13.8. The second-order valence-corrected chi connectivity index (χ2v) is 5.89. The zero-order valence-electron chi connectivity index (χ0n) is 14.7. The second kappa shape index (κ2) is 8.67. The van der Waals surface area contributed by atoms with E-state index in [9.17, 15) is 14.7 Å². The first-order valence-corrected chi connectivity index (χ1v) is 8.13. The highest BCUT2D eigenvalue weighted by molar-refractivity contribution is 5.98. The Hall–Kier alpha value is -3.33. The van der Waals surface area contributed by atoms with E-state index in [-0.39, 0.29) is 24.3 Å². The molecule has 2 aromatic carbocycles. The van der Waals surface area contributed by atoms with Gasteiger partial charge in [-0.3, -0.25) is 4.79 Å². The number of nitriles is 1. The van der Waals surface area contributed by atoms with Crippen molar-refractivity contribution in [2.24, 2.45) is 0 Å². The van der Waals surface area contributed by atoms with Crippen LogP contribution in [-0.4, -0.2) is 30.1 Å². The van der Waals surface area contributed by atoms with Crippen LogP contribution in [0.3, 0.4) is 0 Å². The maximum absolute atomic E-state index is 12.5. The summed E-state index contributed by atoms with van der Waals surface area (Å²) in [7, 11) is 0. The van der Waals surface area contributed by atoms with Crippen molar-refractivity contribution in [2.45, 2.75) is 20.3 Å². The molecule has 2 aromatic rings. The molecule has 0 spiro atoms. The molecule has 1 N–H and O–H groups in total. The number of amides is 1. The number of hydrogen-bond acceptors (Lipinski definition) is 5. The van der Waals surface area contributed by atoms with E-state index >= 15 is 0 Å². The minimum Gasteiger partial charge on any atom is -0.507 e. The maximum atomic E-state index is 12.5. The van der Waals surface area contributed by atoms with Crippen molar-refractivity contribution < 1.29 is 19.4 Å². The van der Waals surface area contributed by atoms with Crippen LogP contribution in [0.1, 0.15) is 27.9 Å². The average Bonchev–Trinajstić information content (AvgIpc) is 2.61. The van der Waals surface area contributed by atoms with Gasteiger partial charge in [-0.2, -0.15) is 5.26 Å². The van der Waals surface area contributed by atoms with Crippen LogP contribution < -0.4 is 4.90 Å². The molecular formula is C20H20N2O4. The highest BCUT2D eigenvalue weighted by atomic mass is 16.5. The van der Waals surface area contributed by atoms with Gasteiger partial charge in [0.1, 0.15) is 11.3 Å². The summed E-state index contributed by atoms with van der Waals surface area (Å²) in [5, 5.41) is 18.6. The first-order chi connectivity index (χ1) is 12.4. The molecule has 6 heteroatoms. The molecule has 6 nitrogen and oxygen atoms in total. The number of phenolic OH excluding ortho intramolecular Hbond substituents is 1. The Morgan fingerprint density at radius 1 is 1.12 bits per heavy atom. The summed E-state index contributed by atoms with van der Waals surface area (Å²) in [6.07, 6.45) is 0.159. The lowest BCUT2D eigenvalue weighted by atomic mass is 10.1. The zero-order valence-corrected chi connectivity index (χ0v) is 14.7. The normalized spacial score (nSPS) is 10.0. The number of ether oxygens (including phenoxy) is 1. The van der Waals surface area contributed by atoms with Gasteiger partial charge < -0.3 is 14.7 Å². The number of aromatic hydroxyl groups is 1. The Morgan fingerprint density at radius 2 is 1.77 bits per heavy atom. The van der Waals surface area contributed by atoms with E-state index in [1.807, 2.05) is 25.1 Å². The number of carbonyl (C=O) groups excluding carboxylic acids is 2. The van der Waals surface area contributed by atoms with Crippen LogP contribution >= 0.6 is 0 Å². The molecule has 0 radical (unpaired) electrons. The molecule has 2 rings (SSSR count). The van der Waals surface area contributed by atoms with Crippen molar-refractivity contribution in [3.05, 3.63) is 59.2 Å². The number of anilines is 1. The molecular weight excluding hydrogens is 332 g/mol. The van der Waals surface area contributed by atoms with Crippen LogP contribution in [-0.2, 0) is 9.53 Å². The van der Waals surface area contributed by atoms with Crippen LogP contribution in [0.15, 0.2) is 42.5 Å². The highest BCUT2D eigenvalue weighted by Gasteiger charge is 2.19. The lowest BCUT2D eigenvalue weighted by Gasteiger charge is -2.22. The molecule has 134 valence electrons. The molecule has 0 aliphatic heterocycles. The Labute approximate surface area is 152 Å². The van der Waals surface area contributed by atoms with E-state index in [1.54, 1.807) is 25.1 Å². The Morgan fingerprint density at radius 3 is 2.38 bits per heavy atom. The predicted octanol–water partition coefficient (Wildman–Crippen LogP) is 3.11. The van der Waals surface area contributed by atoms with E-state index < -0.39 is 18.5 Å². The standard InChI is InChI=1S/C20H20N2O4/c1-14-4-7-16(8-5-14)22(11-3-10-21)19(24)13-26-20(25)17-9-6-15(2)12-18(17)23/h4-9,12,23H,3,11,13H2,1-2H3. The molecule has 0 saturated carbocycles. The molecule has 1 amide bonds. The number of carbonyl (C=O) groups is 2. The Bertz CT molecular complexity index is 838. The van der Waals surface area contributed by atoms with Gasteiger partial charge in [0.25, 0.3) is 5.91 Å². The molecule has 0 aromatic heterocycles. The van der Waals surface area contributed by atoms with Crippen molar-refractivity contribution >= 4 is 17.6 Å². The summed E-state index contributed by atoms with van der Waals surface area (Å²) in [5.74, 6) is -1.41. The Kier molecular flexibility index (Phi) is 6.34. The third-order valence-electron chi connectivity index (χ3n) is 3.79. The second-order valence-electron chi connectivity index (χ2n) is 5.89. The molecule has 0 aliphatic carbocycles. The van der Waals surface area contributed by atoms with Gasteiger partial charge in [0.2, 0.25) is 0 Å². The molecule has 0 unspecified atom stereocenters. The van der Waals surface area contributed by atoms with Gasteiger partial charge in [0.05, 0.1) is 12.5 Å². The van der Waals surface area contributed by atoms with Gasteiger partial charge in [-0.05, 0) is 43.7 Å². The predicted molar refractivity (Wildman–Crippen MR) is 96.9 cm³/mol. The van der Waals surface area contributed by atoms with Gasteiger partial charge in [-0.15, -0.1) is 0 Å². The maximum Gasteiger partial charge on any atom is 0.342 e. The SMILES string of the molecule is Cc1ccc(N(CCC#N)C(=O)COC(=O)c2ccc(C)cc2O)cc1. The minimum absolute atomic E-state index is 0.00214. The summed E-state index contributed by atoms with van der Waals surface area (Å²) >= 11 is 0. The summed E-state index contributed by atoms with van der Waals surface area (Å²) < 4.78 is 5.04. The number of nitrogens with zero attached hydrogens (tertiary/aromatic N) is 2. The number of phenols is 1. The first kappa shape index (κ1) is 19.0. The summed E-state index contributed by atoms with van der Waals surface area (Å²) in [4.78, 5) is 26.0. The topological polar surface area (TPSA) is 90.6 Å². The molecule has 0 heterocycles. The number of rotatable bonds is 6. The molecule has 0 bridgehead atoms. The number of benzene rings is 2. The van der Waals surface area contributed by atoms with Crippen LogP contribution in [0.25, 0.3) is 0 Å². The average molecular weight is 352 g/mol. The summed E-state index contributed by atoms with van der Waals surface area (Å²) in [5.41, 5.74) is 2.48. The van der Waals surface area contributed by atoms with Crippen molar-refractivity contribution in [1.82, 2.24) is 0 Å². The van der Waals surface area contributed by atoms with E-state index in [2.05, 4.69) is 0 Å². The van der Waals surface area contributed by atoms with E-state index in [4.69, 9.17) is 10.00 Å². The van der Waals surface area contributed by atoms with Gasteiger partial charge in [-0.1, -0.05) is 23.8 Å². The minimum atomic E-state index is -0.778. The summed E-state index contributed by atoms with van der Waals surface area (Å²) in [6.45, 7) is 3.44. The van der Waals surface area contributed by atoms with Gasteiger partial charge in [0, 0.05) is 12.2 Å². The number of aryl methyl sites for hydroxylation is 2. The third kappa shape index (κ3) is 4.84. The fourth-order valence-electron chi connectivity index (χ4n) is 2.38. The smallest absolute Gasteiger partial charge is 0.342 e. The van der Waals surface area contributed by atoms with Crippen molar-refractivity contribution in [3.63, 3.8) is 0 Å². The van der Waals surface area contributed by atoms with Crippen LogP contribution in [0.2, 0.25) is 0 Å². The fraction of sp³-hybridized carbons (Fsp3) is 0.250. The van der Waals surface area contributed by atoms with Gasteiger partial charge >= 0.3 is 5.97 Å². The molecule has 0 fully saturated rings. The van der Waals surface area contributed by atoms with Crippen LogP contribution in [0.5, 0.6) is 5.75 Å². The lowest BCUT2D eigenvalue weighted by molar-refractivity contribution is -0.121. The largest absolute Gasteiger partial charge is 0.507 e. The molecule has 0 aliphatic rings. The van der Waals surface area contributed by atoms with Gasteiger partial charge in [-0.25, -0.2) is 4.79 Å². The Balaban J connectivity index is 2.07. The van der Waals surface area contributed by atoms with E-state index in [0.717, 1.165) is 11.1 Å². The highest BCUT2D eigenvalue weighted by Crippen LogP contribution is 2.20. The first-order valence-electron chi connectivity index (χ1n) is 8.13.